The maximum absolute atomic E-state index is 14.8. The molecule has 5 heteroatoms. The fourth-order valence-electron chi connectivity index (χ4n) is 4.95. The molecule has 0 aromatic heterocycles. The Morgan fingerprint density at radius 2 is 1.61 bits per heavy atom. The Kier molecular flexibility index (Phi) is 7.10. The first-order chi connectivity index (χ1) is 17.5. The standard InChI is InChI=1S/C31H29F2NO2/c1-21-5-12-26-23(19-21)8-13-28(27-14-9-24(32)20-29(27)33)30(26)31(35)22-6-10-25(11-7-22)36-18-17-34-15-3-2-4-16-34/h5-14,19-20H,2-4,15-18H2,1H3. The number of hydrogen-bond donors (Lipinski definition) is 0. The second kappa shape index (κ2) is 10.6. The number of benzene rings is 4. The number of piperidine rings is 1. The van der Waals surface area contributed by atoms with Crippen molar-refractivity contribution in [1.82, 2.24) is 4.90 Å². The summed E-state index contributed by atoms with van der Waals surface area (Å²) in [6.07, 6.45) is 3.79. The molecular weight excluding hydrogens is 456 g/mol. The van der Waals surface area contributed by atoms with E-state index in [0.29, 0.717) is 29.0 Å². The lowest BCUT2D eigenvalue weighted by atomic mass is 9.88. The van der Waals surface area contributed by atoms with Crippen LogP contribution in [0.1, 0.15) is 40.7 Å². The Balaban J connectivity index is 1.45. The first-order valence-corrected chi connectivity index (χ1v) is 12.5. The maximum atomic E-state index is 14.8. The van der Waals surface area contributed by atoms with Gasteiger partial charge in [0, 0.05) is 29.3 Å². The number of carbonyl (C=O) groups is 1. The van der Waals surface area contributed by atoms with Crippen molar-refractivity contribution < 1.29 is 18.3 Å². The molecule has 0 unspecified atom stereocenters. The van der Waals surface area contributed by atoms with Crippen LogP contribution in [0.5, 0.6) is 5.75 Å². The molecule has 1 fully saturated rings. The summed E-state index contributed by atoms with van der Waals surface area (Å²) in [5, 5.41) is 1.62. The highest BCUT2D eigenvalue weighted by atomic mass is 19.1. The Morgan fingerprint density at radius 3 is 2.36 bits per heavy atom. The smallest absolute Gasteiger partial charge is 0.194 e. The highest BCUT2D eigenvalue weighted by molar-refractivity contribution is 6.20. The zero-order valence-corrected chi connectivity index (χ0v) is 20.4. The number of fused-ring (bicyclic) bond motifs is 1. The second-order valence-corrected chi connectivity index (χ2v) is 9.44. The Labute approximate surface area is 210 Å². The molecule has 0 amide bonds. The average molecular weight is 486 g/mol. The van der Waals surface area contributed by atoms with Gasteiger partial charge in [0.05, 0.1) is 0 Å². The zero-order valence-electron chi connectivity index (χ0n) is 20.4. The van der Waals surface area contributed by atoms with Crippen molar-refractivity contribution in [2.24, 2.45) is 0 Å². The van der Waals surface area contributed by atoms with Crippen LogP contribution in [0.25, 0.3) is 21.9 Å². The topological polar surface area (TPSA) is 29.5 Å². The van der Waals surface area contributed by atoms with Crippen LogP contribution >= 0.6 is 0 Å². The van der Waals surface area contributed by atoms with Crippen LogP contribution < -0.4 is 4.74 Å². The molecule has 3 nitrogen and oxygen atoms in total. The SMILES string of the molecule is Cc1ccc2c(C(=O)c3ccc(OCCN4CCCCC4)cc3)c(-c3ccc(F)cc3F)ccc2c1. The third kappa shape index (κ3) is 5.17. The number of rotatable bonds is 7. The average Bonchev–Trinajstić information content (AvgIpc) is 2.89. The van der Waals surface area contributed by atoms with Gasteiger partial charge in [0.2, 0.25) is 0 Å². The number of carbonyl (C=O) groups excluding carboxylic acids is 1. The molecule has 36 heavy (non-hydrogen) atoms. The minimum Gasteiger partial charge on any atom is -0.492 e. The molecule has 0 spiro atoms. The van der Waals surface area contributed by atoms with Gasteiger partial charge in [-0.05, 0) is 85.6 Å². The molecule has 0 radical (unpaired) electrons. The summed E-state index contributed by atoms with van der Waals surface area (Å²) in [6, 6.07) is 20.0. The number of likely N-dealkylation sites (tertiary alicyclic amines) is 1. The lowest BCUT2D eigenvalue weighted by molar-refractivity contribution is 0.104. The zero-order chi connectivity index (χ0) is 25.1. The van der Waals surface area contributed by atoms with Gasteiger partial charge in [-0.2, -0.15) is 0 Å². The third-order valence-electron chi connectivity index (χ3n) is 6.87. The maximum Gasteiger partial charge on any atom is 0.194 e. The molecule has 4 aromatic rings. The Hall–Kier alpha value is -3.57. The van der Waals surface area contributed by atoms with Crippen molar-refractivity contribution in [2.75, 3.05) is 26.2 Å². The van der Waals surface area contributed by atoms with Gasteiger partial charge in [-0.1, -0.05) is 42.3 Å². The molecule has 1 heterocycles. The molecule has 5 rings (SSSR count). The summed E-state index contributed by atoms with van der Waals surface area (Å²) in [5.74, 6) is -0.866. The van der Waals surface area contributed by atoms with Gasteiger partial charge < -0.3 is 4.74 Å². The van der Waals surface area contributed by atoms with Crippen molar-refractivity contribution in [1.29, 1.82) is 0 Å². The van der Waals surface area contributed by atoms with E-state index in [1.54, 1.807) is 30.3 Å². The van der Waals surface area contributed by atoms with Gasteiger partial charge in [0.1, 0.15) is 24.0 Å². The van der Waals surface area contributed by atoms with E-state index in [0.717, 1.165) is 42.0 Å². The Morgan fingerprint density at radius 1 is 0.861 bits per heavy atom. The van der Waals surface area contributed by atoms with Crippen molar-refractivity contribution in [3.05, 3.63) is 101 Å². The van der Waals surface area contributed by atoms with Crippen LogP contribution in [0, 0.1) is 18.6 Å². The number of nitrogens with zero attached hydrogens (tertiary/aromatic N) is 1. The monoisotopic (exact) mass is 485 g/mol. The Bertz CT molecular complexity index is 1390. The van der Waals surface area contributed by atoms with Crippen LogP contribution in [0.4, 0.5) is 8.78 Å². The number of halogens is 2. The van der Waals surface area contributed by atoms with Crippen molar-refractivity contribution in [3.8, 4) is 16.9 Å². The van der Waals surface area contributed by atoms with Crippen LogP contribution in [0.2, 0.25) is 0 Å². The second-order valence-electron chi connectivity index (χ2n) is 9.44. The normalized spacial score (nSPS) is 14.2. The van der Waals surface area contributed by atoms with E-state index in [2.05, 4.69) is 4.90 Å². The van der Waals surface area contributed by atoms with Crippen LogP contribution in [0.15, 0.2) is 72.8 Å². The van der Waals surface area contributed by atoms with Crippen LogP contribution in [-0.4, -0.2) is 36.9 Å². The van der Waals surface area contributed by atoms with Gasteiger partial charge >= 0.3 is 0 Å². The van der Waals surface area contributed by atoms with E-state index < -0.39 is 11.6 Å². The van der Waals surface area contributed by atoms with E-state index in [1.807, 2.05) is 31.2 Å². The quantitative estimate of drug-likeness (QED) is 0.260. The van der Waals surface area contributed by atoms with Gasteiger partial charge in [-0.3, -0.25) is 9.69 Å². The lowest BCUT2D eigenvalue weighted by Gasteiger charge is -2.26. The molecule has 0 atom stereocenters. The highest BCUT2D eigenvalue weighted by Gasteiger charge is 2.21. The summed E-state index contributed by atoms with van der Waals surface area (Å²) in [7, 11) is 0. The van der Waals surface area contributed by atoms with E-state index in [9.17, 15) is 13.6 Å². The van der Waals surface area contributed by atoms with E-state index >= 15 is 0 Å². The molecule has 0 bridgehead atoms. The largest absolute Gasteiger partial charge is 0.492 e. The lowest BCUT2D eigenvalue weighted by Crippen LogP contribution is -2.33. The van der Waals surface area contributed by atoms with E-state index in [4.69, 9.17) is 4.74 Å². The summed E-state index contributed by atoms with van der Waals surface area (Å²) in [4.78, 5) is 16.2. The summed E-state index contributed by atoms with van der Waals surface area (Å²) in [6.45, 7) is 5.72. The first kappa shape index (κ1) is 24.1. The molecule has 1 saturated heterocycles. The number of aryl methyl sites for hydroxylation is 1. The van der Waals surface area contributed by atoms with Gasteiger partial charge in [0.15, 0.2) is 5.78 Å². The van der Waals surface area contributed by atoms with Gasteiger partial charge in [-0.15, -0.1) is 0 Å². The van der Waals surface area contributed by atoms with Gasteiger partial charge in [-0.25, -0.2) is 8.78 Å². The van der Waals surface area contributed by atoms with E-state index in [-0.39, 0.29) is 11.3 Å². The fourth-order valence-corrected chi connectivity index (χ4v) is 4.95. The molecule has 0 N–H and O–H groups in total. The molecule has 0 aliphatic carbocycles. The predicted octanol–water partition coefficient (Wildman–Crippen LogP) is 7.19. The minimum absolute atomic E-state index is 0.194. The minimum atomic E-state index is -0.701. The fraction of sp³-hybridized carbons (Fsp3) is 0.258. The summed E-state index contributed by atoms with van der Waals surface area (Å²) < 4.78 is 34.3. The predicted molar refractivity (Wildman–Crippen MR) is 140 cm³/mol. The third-order valence-corrected chi connectivity index (χ3v) is 6.87. The molecule has 184 valence electrons. The summed E-state index contributed by atoms with van der Waals surface area (Å²) >= 11 is 0. The molecule has 4 aromatic carbocycles. The number of hydrogen-bond acceptors (Lipinski definition) is 3. The van der Waals surface area contributed by atoms with Crippen molar-refractivity contribution >= 4 is 16.6 Å². The van der Waals surface area contributed by atoms with Crippen molar-refractivity contribution in [3.63, 3.8) is 0 Å². The van der Waals surface area contributed by atoms with Crippen molar-refractivity contribution in [2.45, 2.75) is 26.2 Å². The number of ketones is 1. The van der Waals surface area contributed by atoms with Crippen LogP contribution in [-0.2, 0) is 0 Å². The van der Waals surface area contributed by atoms with Gasteiger partial charge in [0.25, 0.3) is 0 Å². The highest BCUT2D eigenvalue weighted by Crippen LogP contribution is 2.34. The van der Waals surface area contributed by atoms with Crippen LogP contribution in [0.3, 0.4) is 0 Å². The molecule has 1 aliphatic heterocycles. The number of ether oxygens (including phenoxy) is 1. The molecular formula is C31H29F2NO2. The molecule has 1 aliphatic rings. The summed E-state index contributed by atoms with van der Waals surface area (Å²) in [5.41, 5.74) is 2.58. The molecule has 0 saturated carbocycles. The van der Waals surface area contributed by atoms with E-state index in [1.165, 1.54) is 31.4 Å². The first-order valence-electron chi connectivity index (χ1n) is 12.5.